The number of benzene rings is 1. The Labute approximate surface area is 144 Å². The van der Waals surface area contributed by atoms with Gasteiger partial charge in [0.25, 0.3) is 5.91 Å². The fraction of sp³-hybridized carbons (Fsp3) is 0.375. The first-order valence-corrected chi connectivity index (χ1v) is 8.44. The Hall–Kier alpha value is -1.79. The van der Waals surface area contributed by atoms with Crippen molar-refractivity contribution >= 4 is 28.8 Å². The van der Waals surface area contributed by atoms with E-state index < -0.39 is 0 Å². The van der Waals surface area contributed by atoms with Crippen molar-refractivity contribution in [3.05, 3.63) is 38.8 Å². The molecule has 0 saturated heterocycles. The van der Waals surface area contributed by atoms with E-state index in [-0.39, 0.29) is 5.91 Å². The van der Waals surface area contributed by atoms with Crippen LogP contribution in [0.1, 0.15) is 33.6 Å². The van der Waals surface area contributed by atoms with Gasteiger partial charge in [-0.3, -0.25) is 4.79 Å². The lowest BCUT2D eigenvalue weighted by Crippen LogP contribution is -2.22. The fourth-order valence-electron chi connectivity index (χ4n) is 1.95. The van der Waals surface area contributed by atoms with Crippen molar-refractivity contribution in [2.24, 2.45) is 0 Å². The zero-order valence-corrected chi connectivity index (χ0v) is 14.9. The van der Waals surface area contributed by atoms with Crippen LogP contribution in [0, 0.1) is 6.92 Å². The van der Waals surface area contributed by atoms with Gasteiger partial charge in [0.2, 0.25) is 0 Å². The van der Waals surface area contributed by atoms with E-state index in [0.717, 1.165) is 16.3 Å². The summed E-state index contributed by atoms with van der Waals surface area (Å²) in [6, 6.07) is 3.21. The van der Waals surface area contributed by atoms with Crippen LogP contribution in [-0.2, 0) is 6.54 Å². The Bertz CT molecular complexity index is 688. The number of carbonyl (C=O) groups is 1. The molecule has 0 aliphatic rings. The molecule has 2 rings (SSSR count). The third kappa shape index (κ3) is 4.59. The molecule has 0 saturated carbocycles. The summed E-state index contributed by atoms with van der Waals surface area (Å²) in [4.78, 5) is 17.4. The van der Waals surface area contributed by atoms with Crippen LogP contribution in [0.2, 0.25) is 5.02 Å². The summed E-state index contributed by atoms with van der Waals surface area (Å²) in [5.41, 5.74) is 0.428. The number of hydrogen-bond acceptors (Lipinski definition) is 5. The third-order valence-corrected chi connectivity index (χ3v) is 4.23. The van der Waals surface area contributed by atoms with Gasteiger partial charge in [-0.15, -0.1) is 11.3 Å². The van der Waals surface area contributed by atoms with Gasteiger partial charge in [-0.2, -0.15) is 0 Å². The van der Waals surface area contributed by atoms with Gasteiger partial charge < -0.3 is 14.8 Å². The van der Waals surface area contributed by atoms with Crippen molar-refractivity contribution in [1.82, 2.24) is 10.3 Å². The molecule has 1 aromatic carbocycles. The molecule has 0 bridgehead atoms. The molecule has 124 valence electrons. The van der Waals surface area contributed by atoms with Crippen molar-refractivity contribution in [3.8, 4) is 11.5 Å². The van der Waals surface area contributed by atoms with Crippen LogP contribution in [0.5, 0.6) is 11.5 Å². The van der Waals surface area contributed by atoms with Gasteiger partial charge in [0.15, 0.2) is 11.5 Å². The van der Waals surface area contributed by atoms with E-state index in [1.54, 1.807) is 29.7 Å². The maximum absolute atomic E-state index is 12.3. The van der Waals surface area contributed by atoms with Crippen LogP contribution in [0.25, 0.3) is 0 Å². The quantitative estimate of drug-likeness (QED) is 0.820. The highest BCUT2D eigenvalue weighted by atomic mass is 35.5. The summed E-state index contributed by atoms with van der Waals surface area (Å²) in [6.45, 7) is 4.89. The molecule has 0 fully saturated rings. The summed E-state index contributed by atoms with van der Waals surface area (Å²) in [6.07, 6.45) is 2.62. The zero-order chi connectivity index (χ0) is 16.8. The van der Waals surface area contributed by atoms with E-state index in [9.17, 15) is 4.79 Å². The second-order valence-electron chi connectivity index (χ2n) is 4.87. The smallest absolute Gasteiger partial charge is 0.251 e. The molecule has 0 atom stereocenters. The molecule has 2 aromatic rings. The van der Waals surface area contributed by atoms with Crippen molar-refractivity contribution < 1.29 is 14.3 Å². The molecule has 1 heterocycles. The summed E-state index contributed by atoms with van der Waals surface area (Å²) in [5.74, 6) is 0.689. The first-order valence-electron chi connectivity index (χ1n) is 7.25. The Morgan fingerprint density at radius 1 is 1.43 bits per heavy atom. The molecule has 5 nitrogen and oxygen atoms in total. The van der Waals surface area contributed by atoms with Crippen LogP contribution < -0.4 is 14.8 Å². The molecule has 23 heavy (non-hydrogen) atoms. The number of amides is 1. The number of aromatic nitrogens is 1. The largest absolute Gasteiger partial charge is 0.493 e. The van der Waals surface area contributed by atoms with E-state index in [1.165, 1.54) is 7.11 Å². The van der Waals surface area contributed by atoms with Gasteiger partial charge in [-0.25, -0.2) is 4.98 Å². The Morgan fingerprint density at radius 2 is 2.22 bits per heavy atom. The molecule has 0 radical (unpaired) electrons. The molecule has 1 amide bonds. The minimum absolute atomic E-state index is 0.224. The number of aryl methyl sites for hydroxylation is 1. The first kappa shape index (κ1) is 17.6. The molecular weight excluding hydrogens is 336 g/mol. The number of thiazole rings is 1. The Morgan fingerprint density at radius 3 is 2.83 bits per heavy atom. The average Bonchev–Trinajstić information content (AvgIpc) is 2.96. The van der Waals surface area contributed by atoms with E-state index in [4.69, 9.17) is 21.1 Å². The second kappa shape index (κ2) is 8.17. The Balaban J connectivity index is 2.12. The summed E-state index contributed by atoms with van der Waals surface area (Å²) >= 11 is 7.77. The summed E-state index contributed by atoms with van der Waals surface area (Å²) < 4.78 is 10.9. The van der Waals surface area contributed by atoms with E-state index in [0.29, 0.717) is 35.2 Å². The lowest BCUT2D eigenvalue weighted by Gasteiger charge is -2.13. The van der Waals surface area contributed by atoms with Gasteiger partial charge in [0.05, 0.1) is 30.3 Å². The summed E-state index contributed by atoms with van der Waals surface area (Å²) in [7, 11) is 1.52. The first-order chi connectivity index (χ1) is 11.0. The monoisotopic (exact) mass is 354 g/mol. The number of methoxy groups -OCH3 is 1. The molecule has 0 spiro atoms. The third-order valence-electron chi connectivity index (χ3n) is 3.03. The molecular formula is C16H19ClN2O3S. The standard InChI is InChI=1S/C16H19ClN2O3S/c1-4-5-22-15-13(17)6-11(7-14(15)21-3)16(20)19-9-12-8-18-10(2)23-12/h6-8H,4-5,9H2,1-3H3,(H,19,20). The van der Waals surface area contributed by atoms with Gasteiger partial charge in [0.1, 0.15) is 0 Å². The van der Waals surface area contributed by atoms with Gasteiger partial charge >= 0.3 is 0 Å². The van der Waals surface area contributed by atoms with Crippen LogP contribution >= 0.6 is 22.9 Å². The number of rotatable bonds is 7. The number of hydrogen-bond donors (Lipinski definition) is 1. The van der Waals surface area contributed by atoms with Crippen LogP contribution in [-0.4, -0.2) is 24.6 Å². The maximum atomic E-state index is 12.3. The van der Waals surface area contributed by atoms with Crippen molar-refractivity contribution in [3.63, 3.8) is 0 Å². The zero-order valence-electron chi connectivity index (χ0n) is 13.3. The fourth-order valence-corrected chi connectivity index (χ4v) is 2.95. The van der Waals surface area contributed by atoms with Crippen LogP contribution in [0.4, 0.5) is 0 Å². The molecule has 0 aliphatic heterocycles. The molecule has 1 N–H and O–H groups in total. The highest BCUT2D eigenvalue weighted by molar-refractivity contribution is 7.11. The number of nitrogens with zero attached hydrogens (tertiary/aromatic N) is 1. The highest BCUT2D eigenvalue weighted by Gasteiger charge is 2.16. The molecule has 0 unspecified atom stereocenters. The number of carbonyl (C=O) groups excluding carboxylic acids is 1. The minimum atomic E-state index is -0.224. The average molecular weight is 355 g/mol. The molecule has 0 aliphatic carbocycles. The Kier molecular flexibility index (Phi) is 6.24. The minimum Gasteiger partial charge on any atom is -0.493 e. The number of ether oxygens (including phenoxy) is 2. The lowest BCUT2D eigenvalue weighted by molar-refractivity contribution is 0.0951. The lowest BCUT2D eigenvalue weighted by atomic mass is 10.2. The molecule has 7 heteroatoms. The SMILES string of the molecule is CCCOc1c(Cl)cc(C(=O)NCc2cnc(C)s2)cc1OC. The van der Waals surface area contributed by atoms with Gasteiger partial charge in [-0.05, 0) is 25.5 Å². The van der Waals surface area contributed by atoms with E-state index in [1.807, 2.05) is 13.8 Å². The predicted molar refractivity (Wildman–Crippen MR) is 91.8 cm³/mol. The van der Waals surface area contributed by atoms with Crippen LogP contribution in [0.3, 0.4) is 0 Å². The predicted octanol–water partition coefficient (Wildman–Crippen LogP) is 3.83. The number of nitrogens with one attached hydrogen (secondary N) is 1. The van der Waals surface area contributed by atoms with Crippen molar-refractivity contribution in [2.45, 2.75) is 26.8 Å². The normalized spacial score (nSPS) is 10.4. The second-order valence-corrected chi connectivity index (χ2v) is 6.59. The topological polar surface area (TPSA) is 60.5 Å². The summed E-state index contributed by atoms with van der Waals surface area (Å²) in [5, 5.41) is 4.17. The maximum Gasteiger partial charge on any atom is 0.251 e. The van der Waals surface area contributed by atoms with Gasteiger partial charge in [-0.1, -0.05) is 18.5 Å². The van der Waals surface area contributed by atoms with E-state index in [2.05, 4.69) is 10.3 Å². The van der Waals surface area contributed by atoms with Gasteiger partial charge in [0, 0.05) is 16.6 Å². The van der Waals surface area contributed by atoms with Crippen molar-refractivity contribution in [2.75, 3.05) is 13.7 Å². The van der Waals surface area contributed by atoms with Crippen LogP contribution in [0.15, 0.2) is 18.3 Å². The highest BCUT2D eigenvalue weighted by Crippen LogP contribution is 2.36. The van der Waals surface area contributed by atoms with Crippen molar-refractivity contribution in [1.29, 1.82) is 0 Å². The van der Waals surface area contributed by atoms with E-state index >= 15 is 0 Å². The number of halogens is 1. The molecule has 1 aromatic heterocycles.